The molecule has 3 rings (SSSR count). The molecule has 0 saturated carbocycles. The molecule has 124 valence electrons. The fourth-order valence-corrected chi connectivity index (χ4v) is 2.84. The number of nitrogens with zero attached hydrogens (tertiary/aromatic N) is 1. The summed E-state index contributed by atoms with van der Waals surface area (Å²) in [5.74, 6) is 0.947. The lowest BCUT2D eigenvalue weighted by Crippen LogP contribution is -3.00. The van der Waals surface area contributed by atoms with E-state index in [1.807, 2.05) is 6.07 Å². The lowest BCUT2D eigenvalue weighted by molar-refractivity contribution is -0.677. The number of aryl methyl sites for hydroxylation is 1. The first kappa shape index (κ1) is 18.2. The highest BCUT2D eigenvalue weighted by molar-refractivity contribution is 5.57. The van der Waals surface area contributed by atoms with Crippen LogP contribution < -0.4 is 26.3 Å². The number of halogens is 1. The summed E-state index contributed by atoms with van der Waals surface area (Å²) in [7, 11) is 1.74. The van der Waals surface area contributed by atoms with Gasteiger partial charge in [0.1, 0.15) is 0 Å². The topological polar surface area (TPSA) is 13.1 Å². The van der Waals surface area contributed by atoms with Crippen molar-refractivity contribution in [1.82, 2.24) is 0 Å². The monoisotopic (exact) mass is 383 g/mol. The Hall–Kier alpha value is -2.13. The molecule has 0 spiro atoms. The number of rotatable bonds is 5. The minimum atomic E-state index is 0. The van der Waals surface area contributed by atoms with E-state index in [1.165, 1.54) is 22.4 Å². The van der Waals surface area contributed by atoms with Crippen molar-refractivity contribution in [2.75, 3.05) is 7.11 Å². The molecule has 0 aliphatic carbocycles. The van der Waals surface area contributed by atoms with Gasteiger partial charge in [0.05, 0.1) is 7.11 Å². The molecule has 3 heteroatoms. The van der Waals surface area contributed by atoms with Crippen LogP contribution in [0.3, 0.4) is 0 Å². The molecule has 0 aliphatic rings. The van der Waals surface area contributed by atoms with Crippen LogP contribution in [-0.2, 0) is 13.0 Å². The molecule has 0 fully saturated rings. The van der Waals surface area contributed by atoms with Crippen molar-refractivity contribution in [2.45, 2.75) is 19.9 Å². The third-order valence-electron chi connectivity index (χ3n) is 4.08. The summed E-state index contributed by atoms with van der Waals surface area (Å²) >= 11 is 0. The van der Waals surface area contributed by atoms with Crippen LogP contribution in [0.25, 0.3) is 11.3 Å². The maximum Gasteiger partial charge on any atom is 0.213 e. The van der Waals surface area contributed by atoms with Gasteiger partial charge in [-0.15, -0.1) is 0 Å². The van der Waals surface area contributed by atoms with Crippen molar-refractivity contribution in [2.24, 2.45) is 0 Å². The van der Waals surface area contributed by atoms with Gasteiger partial charge in [0, 0.05) is 22.8 Å². The molecule has 24 heavy (non-hydrogen) atoms. The minimum absolute atomic E-state index is 0. The van der Waals surface area contributed by atoms with Gasteiger partial charge in [0.2, 0.25) is 11.9 Å². The van der Waals surface area contributed by atoms with Crippen LogP contribution in [0.15, 0.2) is 72.9 Å². The van der Waals surface area contributed by atoms with Crippen molar-refractivity contribution >= 4 is 0 Å². The van der Waals surface area contributed by atoms with Crippen molar-refractivity contribution in [1.29, 1.82) is 0 Å². The van der Waals surface area contributed by atoms with Crippen LogP contribution in [0.5, 0.6) is 5.75 Å². The average Bonchev–Trinajstić information content (AvgIpc) is 2.63. The van der Waals surface area contributed by atoms with Crippen LogP contribution in [0.4, 0.5) is 0 Å². The van der Waals surface area contributed by atoms with Gasteiger partial charge in [-0.25, -0.2) is 0 Å². The summed E-state index contributed by atoms with van der Waals surface area (Å²) < 4.78 is 7.85. The van der Waals surface area contributed by atoms with Crippen molar-refractivity contribution in [3.63, 3.8) is 0 Å². The highest BCUT2D eigenvalue weighted by Crippen LogP contribution is 2.23. The number of benzene rings is 2. The van der Waals surface area contributed by atoms with Crippen LogP contribution in [0.1, 0.15) is 18.1 Å². The molecular formula is C21H22BrNO. The predicted octanol–water partition coefficient (Wildman–Crippen LogP) is 1.26. The van der Waals surface area contributed by atoms with Crippen LogP contribution in [-0.4, -0.2) is 7.11 Å². The quantitative estimate of drug-likeness (QED) is 0.604. The fourth-order valence-electron chi connectivity index (χ4n) is 2.84. The number of pyridine rings is 1. The summed E-state index contributed by atoms with van der Waals surface area (Å²) in [6.45, 7) is 2.99. The zero-order valence-corrected chi connectivity index (χ0v) is 15.7. The third kappa shape index (κ3) is 4.04. The van der Waals surface area contributed by atoms with E-state index in [4.69, 9.17) is 4.74 Å². The van der Waals surface area contributed by atoms with Gasteiger partial charge >= 0.3 is 0 Å². The largest absolute Gasteiger partial charge is 1.00 e. The van der Waals surface area contributed by atoms with Gasteiger partial charge in [-0.3, -0.25) is 0 Å². The lowest BCUT2D eigenvalue weighted by atomic mass is 10.1. The highest BCUT2D eigenvalue weighted by Gasteiger charge is 2.18. The first-order valence-corrected chi connectivity index (χ1v) is 8.01. The molecule has 0 bridgehead atoms. The Balaban J connectivity index is 0.00000208. The van der Waals surface area contributed by atoms with Crippen LogP contribution >= 0.6 is 0 Å². The molecule has 0 N–H and O–H groups in total. The van der Waals surface area contributed by atoms with Gasteiger partial charge in [-0.2, -0.15) is 4.57 Å². The number of hydrogen-bond acceptors (Lipinski definition) is 1. The Kier molecular flexibility index (Phi) is 6.56. The highest BCUT2D eigenvalue weighted by atomic mass is 79.9. The molecule has 2 aromatic carbocycles. The number of methoxy groups -OCH3 is 1. The van der Waals surface area contributed by atoms with Crippen LogP contribution in [0.2, 0.25) is 0 Å². The Bertz CT molecular complexity index is 773. The lowest BCUT2D eigenvalue weighted by Gasteiger charge is -2.10. The molecule has 0 aliphatic heterocycles. The van der Waals surface area contributed by atoms with Crippen molar-refractivity contribution < 1.29 is 26.3 Å². The van der Waals surface area contributed by atoms with Gasteiger partial charge < -0.3 is 21.7 Å². The summed E-state index contributed by atoms with van der Waals surface area (Å²) in [6.07, 6.45) is 3.07. The Labute approximate surface area is 154 Å². The molecule has 0 atom stereocenters. The van der Waals surface area contributed by atoms with E-state index in [0.29, 0.717) is 0 Å². The van der Waals surface area contributed by atoms with Crippen LogP contribution in [0, 0.1) is 0 Å². The van der Waals surface area contributed by atoms with E-state index in [9.17, 15) is 0 Å². The predicted molar refractivity (Wildman–Crippen MR) is 93.5 cm³/mol. The molecule has 3 aromatic rings. The van der Waals surface area contributed by atoms with E-state index in [0.717, 1.165) is 18.7 Å². The summed E-state index contributed by atoms with van der Waals surface area (Å²) in [6, 6.07) is 23.3. The smallest absolute Gasteiger partial charge is 0.213 e. The Morgan fingerprint density at radius 2 is 1.54 bits per heavy atom. The average molecular weight is 384 g/mol. The molecule has 1 aromatic heterocycles. The first-order chi connectivity index (χ1) is 11.3. The van der Waals surface area contributed by atoms with E-state index in [-0.39, 0.29) is 17.0 Å². The van der Waals surface area contributed by atoms with E-state index in [1.54, 1.807) is 7.11 Å². The zero-order valence-electron chi connectivity index (χ0n) is 14.1. The molecule has 0 radical (unpaired) electrons. The zero-order chi connectivity index (χ0) is 16.1. The van der Waals surface area contributed by atoms with Gasteiger partial charge in [0.25, 0.3) is 0 Å². The van der Waals surface area contributed by atoms with Gasteiger partial charge in [-0.05, 0) is 18.6 Å². The molecule has 1 heterocycles. The number of aromatic nitrogens is 1. The fraction of sp³-hybridized carbons (Fsp3) is 0.190. The summed E-state index contributed by atoms with van der Waals surface area (Å²) in [5, 5.41) is 0. The van der Waals surface area contributed by atoms with Crippen molar-refractivity contribution in [3.05, 3.63) is 84.1 Å². The van der Waals surface area contributed by atoms with Crippen molar-refractivity contribution in [3.8, 4) is 17.0 Å². The Morgan fingerprint density at radius 3 is 2.12 bits per heavy atom. The van der Waals surface area contributed by atoms with Gasteiger partial charge in [-0.1, -0.05) is 55.5 Å². The molecule has 2 nitrogen and oxygen atoms in total. The standard InChI is InChI=1S/C21H22NO.BrH/c1-3-18-14-20(19-12-8-5-9-13-19)22(16-21(18)23-2)15-17-10-6-4-7-11-17;/h4-14,16H,3,15H2,1-2H3;1H/q+1;/p-1. The molecule has 0 amide bonds. The normalized spacial score (nSPS) is 10.1. The second-order valence-corrected chi connectivity index (χ2v) is 5.59. The minimum Gasteiger partial charge on any atom is -1.00 e. The molecule has 0 unspecified atom stereocenters. The molecule has 0 saturated heterocycles. The van der Waals surface area contributed by atoms with E-state index >= 15 is 0 Å². The maximum atomic E-state index is 5.58. The summed E-state index contributed by atoms with van der Waals surface area (Å²) in [5.41, 5.74) is 4.95. The summed E-state index contributed by atoms with van der Waals surface area (Å²) in [4.78, 5) is 0. The maximum absolute atomic E-state index is 5.58. The SMILES string of the molecule is CCc1cc(-c2ccccc2)[n+](Cc2ccccc2)cc1OC.[Br-]. The second-order valence-electron chi connectivity index (χ2n) is 5.59. The number of ether oxygens (including phenoxy) is 1. The van der Waals surface area contributed by atoms with E-state index in [2.05, 4.69) is 78.4 Å². The molecular weight excluding hydrogens is 362 g/mol. The van der Waals surface area contributed by atoms with Gasteiger partial charge in [0.15, 0.2) is 12.3 Å². The third-order valence-corrected chi connectivity index (χ3v) is 4.08. The Morgan fingerprint density at radius 1 is 0.917 bits per heavy atom. The first-order valence-electron chi connectivity index (χ1n) is 8.01. The van der Waals surface area contributed by atoms with E-state index < -0.39 is 0 Å². The second kappa shape index (κ2) is 8.65. The number of hydrogen-bond donors (Lipinski definition) is 0.